The zero-order valence-corrected chi connectivity index (χ0v) is 33.2. The molecule has 0 aliphatic carbocycles. The number of hydrogen-bond donors (Lipinski definition) is 0. The predicted octanol–water partition coefficient (Wildman–Crippen LogP) is 12.6. The fourth-order valence-electron chi connectivity index (χ4n) is 8.69. The van der Waals surface area contributed by atoms with Gasteiger partial charge in [0.15, 0.2) is 29.1 Å². The van der Waals surface area contributed by atoms with Gasteiger partial charge in [0.2, 0.25) is 5.95 Å². The van der Waals surface area contributed by atoms with Crippen molar-refractivity contribution in [3.05, 3.63) is 206 Å². The maximum Gasteiger partial charge on any atom is 0.238 e. The summed E-state index contributed by atoms with van der Waals surface area (Å²) in [5, 5.41) is 4.38. The van der Waals surface area contributed by atoms with Crippen LogP contribution in [0.15, 0.2) is 206 Å². The van der Waals surface area contributed by atoms with Gasteiger partial charge in [0, 0.05) is 49.4 Å². The van der Waals surface area contributed by atoms with Crippen molar-refractivity contribution in [2.45, 2.75) is 0 Å². The Morgan fingerprint density at radius 2 is 0.645 bits per heavy atom. The van der Waals surface area contributed by atoms with Crippen molar-refractivity contribution in [1.82, 2.24) is 39.0 Å². The molecule has 62 heavy (non-hydrogen) atoms. The van der Waals surface area contributed by atoms with Gasteiger partial charge in [0.1, 0.15) is 0 Å². The summed E-state index contributed by atoms with van der Waals surface area (Å²) in [6.45, 7) is 0. The molecule has 0 N–H and O–H groups in total. The molecule has 0 aliphatic heterocycles. The molecule has 0 atom stereocenters. The van der Waals surface area contributed by atoms with Gasteiger partial charge in [0.25, 0.3) is 0 Å². The second-order valence-corrected chi connectivity index (χ2v) is 15.1. The molecule has 0 spiro atoms. The summed E-state index contributed by atoms with van der Waals surface area (Å²) < 4.78 is 4.45. The van der Waals surface area contributed by atoms with Gasteiger partial charge in [-0.1, -0.05) is 170 Å². The van der Waals surface area contributed by atoms with E-state index >= 15 is 0 Å². The molecule has 0 unspecified atom stereocenters. The lowest BCUT2D eigenvalue weighted by molar-refractivity contribution is 0.953. The average molecular weight is 795 g/mol. The molecular weight excluding hydrogens is 761 g/mol. The highest BCUT2D eigenvalue weighted by molar-refractivity contribution is 6.15. The molecule has 4 heterocycles. The zero-order chi connectivity index (χ0) is 41.0. The van der Waals surface area contributed by atoms with Crippen molar-refractivity contribution in [3.63, 3.8) is 0 Å². The lowest BCUT2D eigenvalue weighted by Gasteiger charge is -2.15. The van der Waals surface area contributed by atoms with Crippen LogP contribution in [0, 0.1) is 0 Å². The van der Waals surface area contributed by atoms with Crippen LogP contribution >= 0.6 is 0 Å². The van der Waals surface area contributed by atoms with Crippen LogP contribution < -0.4 is 0 Å². The molecule has 290 valence electrons. The minimum Gasteiger partial charge on any atom is -0.309 e. The topological polar surface area (TPSA) is 87.2 Å². The number of fused-ring (bicyclic) bond motifs is 6. The summed E-state index contributed by atoms with van der Waals surface area (Å²) in [6.07, 6.45) is 0. The van der Waals surface area contributed by atoms with Crippen molar-refractivity contribution in [2.24, 2.45) is 0 Å². The van der Waals surface area contributed by atoms with Crippen LogP contribution in [0.4, 0.5) is 0 Å². The average Bonchev–Trinajstić information content (AvgIpc) is 3.88. The molecule has 4 aromatic heterocycles. The highest BCUT2D eigenvalue weighted by atomic mass is 15.2. The monoisotopic (exact) mass is 794 g/mol. The van der Waals surface area contributed by atoms with Gasteiger partial charge in [-0.15, -0.1) is 0 Å². The lowest BCUT2D eigenvalue weighted by atomic mass is 10.1. The Balaban J connectivity index is 1.11. The lowest BCUT2D eigenvalue weighted by Crippen LogP contribution is -2.06. The molecule has 0 saturated carbocycles. The smallest absolute Gasteiger partial charge is 0.238 e. The third-order valence-electron chi connectivity index (χ3n) is 11.5. The summed E-state index contributed by atoms with van der Waals surface area (Å²) in [7, 11) is 0. The van der Waals surface area contributed by atoms with E-state index in [0.717, 1.165) is 66.3 Å². The van der Waals surface area contributed by atoms with E-state index in [1.54, 1.807) is 0 Å². The second kappa shape index (κ2) is 14.6. The number of rotatable bonds is 7. The third-order valence-corrected chi connectivity index (χ3v) is 11.5. The molecule has 0 aliphatic rings. The Bertz CT molecular complexity index is 3520. The molecule has 8 heteroatoms. The van der Waals surface area contributed by atoms with Crippen LogP contribution in [0.3, 0.4) is 0 Å². The summed E-state index contributed by atoms with van der Waals surface area (Å²) in [4.78, 5) is 31.2. The van der Waals surface area contributed by atoms with Gasteiger partial charge < -0.3 is 4.57 Å². The predicted molar refractivity (Wildman–Crippen MR) is 249 cm³/mol. The third kappa shape index (κ3) is 5.84. The first-order valence-corrected chi connectivity index (χ1v) is 20.6. The fourth-order valence-corrected chi connectivity index (χ4v) is 8.69. The number of benzene rings is 8. The highest BCUT2D eigenvalue weighted by Crippen LogP contribution is 2.40. The molecular formula is C54H34N8. The van der Waals surface area contributed by atoms with Crippen LogP contribution in [0.2, 0.25) is 0 Å². The van der Waals surface area contributed by atoms with Crippen molar-refractivity contribution in [3.8, 4) is 68.6 Å². The van der Waals surface area contributed by atoms with Gasteiger partial charge in [0.05, 0.1) is 27.8 Å². The molecule has 0 bridgehead atoms. The molecule has 8 nitrogen and oxygen atoms in total. The molecule has 8 aromatic carbocycles. The summed E-state index contributed by atoms with van der Waals surface area (Å²) in [6, 6.07) is 70.4. The molecule has 0 fully saturated rings. The van der Waals surface area contributed by atoms with Gasteiger partial charge in [-0.25, -0.2) is 19.9 Å². The van der Waals surface area contributed by atoms with E-state index in [0.29, 0.717) is 35.1 Å². The molecule has 0 radical (unpaired) electrons. The van der Waals surface area contributed by atoms with E-state index in [4.69, 9.17) is 29.9 Å². The van der Waals surface area contributed by atoms with Crippen LogP contribution in [0.1, 0.15) is 0 Å². The van der Waals surface area contributed by atoms with E-state index in [-0.39, 0.29) is 0 Å². The first kappa shape index (κ1) is 35.3. The van der Waals surface area contributed by atoms with E-state index in [2.05, 4.69) is 124 Å². The number of para-hydroxylation sites is 4. The van der Waals surface area contributed by atoms with Crippen molar-refractivity contribution in [1.29, 1.82) is 0 Å². The molecule has 12 aromatic rings. The summed E-state index contributed by atoms with van der Waals surface area (Å²) >= 11 is 0. The van der Waals surface area contributed by atoms with Crippen LogP contribution in [0.5, 0.6) is 0 Å². The minimum atomic E-state index is 0.516. The Hall–Kier alpha value is -8.62. The first-order chi connectivity index (χ1) is 30.8. The summed E-state index contributed by atoms with van der Waals surface area (Å²) in [5.41, 5.74) is 9.54. The maximum absolute atomic E-state index is 5.39. The quantitative estimate of drug-likeness (QED) is 0.160. The molecule has 12 rings (SSSR count). The van der Waals surface area contributed by atoms with Gasteiger partial charge in [-0.2, -0.15) is 9.97 Å². The Morgan fingerprint density at radius 3 is 1.23 bits per heavy atom. The van der Waals surface area contributed by atoms with E-state index in [1.165, 1.54) is 10.8 Å². The van der Waals surface area contributed by atoms with E-state index in [9.17, 15) is 0 Å². The Morgan fingerprint density at radius 1 is 0.258 bits per heavy atom. The van der Waals surface area contributed by atoms with E-state index < -0.39 is 0 Å². The zero-order valence-electron chi connectivity index (χ0n) is 33.2. The number of nitrogens with zero attached hydrogens (tertiary/aromatic N) is 8. The molecule has 0 saturated heterocycles. The maximum atomic E-state index is 5.39. The fraction of sp³-hybridized carbons (Fsp3) is 0. The second-order valence-electron chi connectivity index (χ2n) is 15.1. The van der Waals surface area contributed by atoms with Gasteiger partial charge in [-0.05, 0) is 36.4 Å². The standard InChI is InChI=1S/C54H34N8/c1-4-19-35(20-5-1)49-56-52(41-28-13-17-33-46(41)61-43-30-14-10-25-38(43)39-26-11-15-31-44(39)61)58-53(57-49)42-29-18-34-47-48(42)40-27-12-16-32-45(40)62(47)54-59-50(36-21-6-2-7-22-36)55-51(60-54)37-23-8-3-9-24-37/h1-34H. The minimum absolute atomic E-state index is 0.516. The van der Waals surface area contributed by atoms with Crippen molar-refractivity contribution < 1.29 is 0 Å². The number of hydrogen-bond acceptors (Lipinski definition) is 6. The van der Waals surface area contributed by atoms with E-state index in [1.807, 2.05) is 91.0 Å². The number of aromatic nitrogens is 8. The van der Waals surface area contributed by atoms with Crippen LogP contribution in [-0.2, 0) is 0 Å². The normalized spacial score (nSPS) is 11.5. The van der Waals surface area contributed by atoms with Crippen LogP contribution in [0.25, 0.3) is 112 Å². The first-order valence-electron chi connectivity index (χ1n) is 20.6. The summed E-state index contributed by atoms with van der Waals surface area (Å²) in [5.74, 6) is 3.42. The van der Waals surface area contributed by atoms with Crippen LogP contribution in [-0.4, -0.2) is 39.0 Å². The van der Waals surface area contributed by atoms with Crippen molar-refractivity contribution >= 4 is 43.6 Å². The Kier molecular flexibility index (Phi) is 8.31. The molecule has 0 amide bonds. The van der Waals surface area contributed by atoms with Gasteiger partial charge in [-0.3, -0.25) is 4.57 Å². The van der Waals surface area contributed by atoms with Crippen molar-refractivity contribution in [2.75, 3.05) is 0 Å². The largest absolute Gasteiger partial charge is 0.309 e. The Labute approximate surface area is 356 Å². The SMILES string of the molecule is c1ccc(-c2nc(-c3ccccc3-n3c4ccccc4c4ccccc43)nc(-c3cccc4c3c3ccccc3n4-c3nc(-c4ccccc4)nc(-c4ccccc4)n3)n2)cc1. The highest BCUT2D eigenvalue weighted by Gasteiger charge is 2.23. The van der Waals surface area contributed by atoms with Gasteiger partial charge >= 0.3 is 0 Å².